The third-order valence-corrected chi connectivity index (χ3v) is 6.86. The zero-order valence-electron chi connectivity index (χ0n) is 18.8. The Kier molecular flexibility index (Phi) is 6.77. The average Bonchev–Trinajstić information content (AvgIpc) is 2.81. The van der Waals surface area contributed by atoms with Crippen LogP contribution in [0.3, 0.4) is 0 Å². The average molecular weight is 420 g/mol. The maximum absolute atomic E-state index is 12.8. The number of nitrogens with zero attached hydrogens (tertiary/aromatic N) is 1. The second-order valence-electron chi connectivity index (χ2n) is 8.56. The van der Waals surface area contributed by atoms with E-state index in [1.165, 1.54) is 16.7 Å². The largest absolute Gasteiger partial charge is 0.497 e. The van der Waals surface area contributed by atoms with Crippen LogP contribution in [0.1, 0.15) is 37.8 Å². The van der Waals surface area contributed by atoms with Crippen LogP contribution in [0.4, 0.5) is 0 Å². The van der Waals surface area contributed by atoms with Crippen molar-refractivity contribution in [2.45, 2.75) is 51.7 Å². The topological polar surface area (TPSA) is 38.8 Å². The highest BCUT2D eigenvalue weighted by Gasteiger charge is 2.49. The minimum Gasteiger partial charge on any atom is -0.497 e. The molecule has 0 aromatic heterocycles. The van der Waals surface area contributed by atoms with E-state index in [1.54, 1.807) is 7.11 Å². The second kappa shape index (κ2) is 9.69. The molecule has 3 aliphatic rings. The SMILES string of the molecule is CCOC(=O)C1CC2C(CC)=CC1N(Cc1ccccc1)C2Cc1ccc(OC)cc1. The van der Waals surface area contributed by atoms with E-state index in [1.807, 2.05) is 19.1 Å². The van der Waals surface area contributed by atoms with Gasteiger partial charge in [-0.15, -0.1) is 0 Å². The lowest BCUT2D eigenvalue weighted by molar-refractivity contribution is -0.154. The van der Waals surface area contributed by atoms with Gasteiger partial charge in [0, 0.05) is 18.6 Å². The van der Waals surface area contributed by atoms with Crippen LogP contribution in [0.2, 0.25) is 0 Å². The number of hydrogen-bond acceptors (Lipinski definition) is 4. The normalized spacial score (nSPS) is 25.2. The van der Waals surface area contributed by atoms with Gasteiger partial charge in [-0.2, -0.15) is 0 Å². The van der Waals surface area contributed by atoms with Crippen molar-refractivity contribution >= 4 is 5.97 Å². The van der Waals surface area contributed by atoms with Gasteiger partial charge in [-0.05, 0) is 55.4 Å². The Labute approximate surface area is 185 Å². The van der Waals surface area contributed by atoms with Crippen LogP contribution in [0.15, 0.2) is 66.2 Å². The van der Waals surface area contributed by atoms with Crippen molar-refractivity contribution in [2.75, 3.05) is 13.7 Å². The van der Waals surface area contributed by atoms with Gasteiger partial charge in [-0.1, -0.05) is 61.0 Å². The number of ether oxygens (including phenoxy) is 2. The lowest BCUT2D eigenvalue weighted by atomic mass is 9.67. The summed E-state index contributed by atoms with van der Waals surface area (Å²) in [5.74, 6) is 1.11. The Morgan fingerprint density at radius 2 is 1.77 bits per heavy atom. The van der Waals surface area contributed by atoms with Crippen LogP contribution in [-0.2, 0) is 22.5 Å². The highest BCUT2D eigenvalue weighted by atomic mass is 16.5. The Balaban J connectivity index is 1.67. The summed E-state index contributed by atoms with van der Waals surface area (Å²) in [5.41, 5.74) is 4.08. The first-order valence-corrected chi connectivity index (χ1v) is 11.4. The van der Waals surface area contributed by atoms with Gasteiger partial charge in [0.05, 0.1) is 19.6 Å². The molecule has 0 amide bonds. The van der Waals surface area contributed by atoms with Crippen molar-refractivity contribution in [1.82, 2.24) is 4.90 Å². The summed E-state index contributed by atoms with van der Waals surface area (Å²) < 4.78 is 10.8. The maximum Gasteiger partial charge on any atom is 0.310 e. The van der Waals surface area contributed by atoms with Crippen molar-refractivity contribution < 1.29 is 14.3 Å². The Hall–Kier alpha value is -2.59. The van der Waals surface area contributed by atoms with E-state index in [9.17, 15) is 4.79 Å². The fourth-order valence-corrected chi connectivity index (χ4v) is 5.35. The molecule has 0 spiro atoms. The molecule has 2 aromatic carbocycles. The molecule has 4 atom stereocenters. The van der Waals surface area contributed by atoms with E-state index >= 15 is 0 Å². The van der Waals surface area contributed by atoms with Crippen LogP contribution >= 0.6 is 0 Å². The minimum atomic E-state index is -0.0870. The summed E-state index contributed by atoms with van der Waals surface area (Å²) >= 11 is 0. The molecule has 1 fully saturated rings. The molecule has 0 saturated carbocycles. The first kappa shape index (κ1) is 21.6. The summed E-state index contributed by atoms with van der Waals surface area (Å²) in [7, 11) is 1.70. The molecular weight excluding hydrogens is 386 g/mol. The number of rotatable bonds is 8. The monoisotopic (exact) mass is 419 g/mol. The van der Waals surface area contributed by atoms with Crippen LogP contribution in [0.5, 0.6) is 5.75 Å². The van der Waals surface area contributed by atoms with Gasteiger partial charge in [0.2, 0.25) is 0 Å². The first-order valence-electron chi connectivity index (χ1n) is 11.4. The molecular formula is C27H33NO3. The molecule has 0 N–H and O–H groups in total. The van der Waals surface area contributed by atoms with Gasteiger partial charge < -0.3 is 9.47 Å². The molecule has 2 aliphatic heterocycles. The van der Waals surface area contributed by atoms with E-state index in [-0.39, 0.29) is 17.9 Å². The molecule has 1 saturated heterocycles. The van der Waals surface area contributed by atoms with Gasteiger partial charge in [-0.25, -0.2) is 0 Å². The molecule has 31 heavy (non-hydrogen) atoms. The van der Waals surface area contributed by atoms with Crippen LogP contribution < -0.4 is 4.74 Å². The first-order chi connectivity index (χ1) is 15.1. The molecule has 2 heterocycles. The highest BCUT2D eigenvalue weighted by molar-refractivity contribution is 5.74. The molecule has 4 heteroatoms. The number of piperidine rings is 1. The molecule has 2 bridgehead atoms. The van der Waals surface area contributed by atoms with Crippen molar-refractivity contribution in [1.29, 1.82) is 0 Å². The molecule has 1 aliphatic carbocycles. The van der Waals surface area contributed by atoms with Crippen LogP contribution in [-0.4, -0.2) is 36.7 Å². The predicted octanol–water partition coefficient (Wildman–Crippen LogP) is 5.03. The Bertz CT molecular complexity index is 906. The molecule has 164 valence electrons. The molecule has 4 nitrogen and oxygen atoms in total. The summed E-state index contributed by atoms with van der Waals surface area (Å²) in [5, 5.41) is 0. The summed E-state index contributed by atoms with van der Waals surface area (Å²) in [4.78, 5) is 15.4. The molecule has 5 rings (SSSR count). The lowest BCUT2D eigenvalue weighted by Crippen LogP contribution is -2.60. The number of fused-ring (bicyclic) bond motifs is 2. The quantitative estimate of drug-likeness (QED) is 0.445. The third kappa shape index (κ3) is 4.54. The predicted molar refractivity (Wildman–Crippen MR) is 123 cm³/mol. The van der Waals surface area contributed by atoms with Gasteiger partial charge in [-0.3, -0.25) is 9.69 Å². The van der Waals surface area contributed by atoms with E-state index in [4.69, 9.17) is 9.47 Å². The zero-order valence-corrected chi connectivity index (χ0v) is 18.8. The van der Waals surface area contributed by atoms with E-state index in [2.05, 4.69) is 60.4 Å². The Morgan fingerprint density at radius 1 is 1.03 bits per heavy atom. The number of methoxy groups -OCH3 is 1. The number of benzene rings is 2. The van der Waals surface area contributed by atoms with Crippen LogP contribution in [0.25, 0.3) is 0 Å². The number of hydrogen-bond donors (Lipinski definition) is 0. The van der Waals surface area contributed by atoms with Gasteiger partial charge in [0.25, 0.3) is 0 Å². The maximum atomic E-state index is 12.8. The standard InChI is InChI=1S/C27H33NO3/c1-4-21-16-26-24(27(29)31-5-2)17-23(21)25(15-19-11-13-22(30-3)14-12-19)28(26)18-20-9-7-6-8-10-20/h6-14,16,23-26H,4-5,15,17-18H2,1-3H3. The second-order valence-corrected chi connectivity index (χ2v) is 8.56. The van der Waals surface area contributed by atoms with Crippen molar-refractivity contribution in [3.05, 3.63) is 77.4 Å². The van der Waals surface area contributed by atoms with E-state index in [0.29, 0.717) is 18.6 Å². The van der Waals surface area contributed by atoms with Gasteiger partial charge >= 0.3 is 5.97 Å². The molecule has 2 aromatic rings. The summed E-state index contributed by atoms with van der Waals surface area (Å²) in [6.45, 7) is 5.40. The minimum absolute atomic E-state index is 0.0511. The smallest absolute Gasteiger partial charge is 0.310 e. The molecule has 0 radical (unpaired) electrons. The van der Waals surface area contributed by atoms with E-state index in [0.717, 1.165) is 31.6 Å². The van der Waals surface area contributed by atoms with Crippen molar-refractivity contribution in [3.63, 3.8) is 0 Å². The fourth-order valence-electron chi connectivity index (χ4n) is 5.35. The van der Waals surface area contributed by atoms with E-state index < -0.39 is 0 Å². The van der Waals surface area contributed by atoms with Crippen molar-refractivity contribution in [2.24, 2.45) is 11.8 Å². The van der Waals surface area contributed by atoms with Gasteiger partial charge in [0.15, 0.2) is 0 Å². The zero-order chi connectivity index (χ0) is 21.8. The van der Waals surface area contributed by atoms with Gasteiger partial charge in [0.1, 0.15) is 5.75 Å². The number of carbonyl (C=O) groups is 1. The number of esters is 1. The van der Waals surface area contributed by atoms with Crippen LogP contribution in [0, 0.1) is 11.8 Å². The fraction of sp³-hybridized carbons (Fsp3) is 0.444. The summed E-state index contributed by atoms with van der Waals surface area (Å²) in [6, 6.07) is 19.4. The Morgan fingerprint density at radius 3 is 2.42 bits per heavy atom. The molecule has 4 unspecified atom stereocenters. The third-order valence-electron chi connectivity index (χ3n) is 6.86. The highest BCUT2D eigenvalue weighted by Crippen LogP contribution is 2.46. The lowest BCUT2D eigenvalue weighted by Gasteiger charge is -2.53. The number of carbonyl (C=O) groups excluding carboxylic acids is 1. The van der Waals surface area contributed by atoms with Crippen molar-refractivity contribution in [3.8, 4) is 5.75 Å². The summed E-state index contributed by atoms with van der Waals surface area (Å²) in [6.07, 6.45) is 5.25.